The van der Waals surface area contributed by atoms with Crippen molar-refractivity contribution in [2.75, 3.05) is 32.7 Å². The predicted octanol–water partition coefficient (Wildman–Crippen LogP) is 1.39. The van der Waals surface area contributed by atoms with Crippen molar-refractivity contribution in [2.24, 2.45) is 0 Å². The van der Waals surface area contributed by atoms with Gasteiger partial charge in [0, 0.05) is 32.7 Å². The number of sulfonamides is 1. The average molecular weight is 387 g/mol. The molecule has 2 N–H and O–H groups in total. The molecule has 0 spiro atoms. The maximum atomic E-state index is 13.8. The molecule has 2 rings (SSSR count). The molecule has 11 heteroatoms. The molecule has 1 fully saturated rings. The highest BCUT2D eigenvalue weighted by Crippen LogP contribution is 2.26. The highest BCUT2D eigenvalue weighted by Gasteiger charge is 2.44. The van der Waals surface area contributed by atoms with E-state index in [4.69, 9.17) is 0 Å². The molecule has 1 aliphatic rings. The standard InChI is InChI=1S/C14H18F5N3O2S/c1-9-6-11(16)12(7-10(9)15)25(23,24)21-8-13(14(17,18)19)22-4-2-20-3-5-22/h6-7,13,20-21H,2-5,8H2,1H3. The van der Waals surface area contributed by atoms with Crippen molar-refractivity contribution in [1.29, 1.82) is 0 Å². The largest absolute Gasteiger partial charge is 0.405 e. The molecule has 0 bridgehead atoms. The van der Waals surface area contributed by atoms with Gasteiger partial charge in [0.25, 0.3) is 0 Å². The van der Waals surface area contributed by atoms with Gasteiger partial charge in [-0.2, -0.15) is 13.2 Å². The van der Waals surface area contributed by atoms with Crippen LogP contribution in [0.25, 0.3) is 0 Å². The van der Waals surface area contributed by atoms with Crippen LogP contribution in [0, 0.1) is 18.6 Å². The van der Waals surface area contributed by atoms with Crippen LogP contribution in [0.3, 0.4) is 0 Å². The second kappa shape index (κ2) is 7.52. The molecule has 25 heavy (non-hydrogen) atoms. The van der Waals surface area contributed by atoms with Gasteiger partial charge in [0.2, 0.25) is 10.0 Å². The van der Waals surface area contributed by atoms with Gasteiger partial charge < -0.3 is 5.32 Å². The molecule has 1 unspecified atom stereocenters. The molecule has 1 heterocycles. The molecule has 1 aliphatic heterocycles. The molecule has 1 aromatic carbocycles. The summed E-state index contributed by atoms with van der Waals surface area (Å²) in [6.07, 6.45) is -4.67. The van der Waals surface area contributed by atoms with E-state index >= 15 is 0 Å². The Labute approximate surface area is 142 Å². The number of rotatable bonds is 5. The first-order chi connectivity index (χ1) is 11.5. The van der Waals surface area contributed by atoms with E-state index in [-0.39, 0.29) is 18.7 Å². The third kappa shape index (κ3) is 4.87. The number of aryl methyl sites for hydroxylation is 1. The second-order valence-electron chi connectivity index (χ2n) is 5.73. The topological polar surface area (TPSA) is 61.4 Å². The highest BCUT2D eigenvalue weighted by atomic mass is 32.2. The van der Waals surface area contributed by atoms with Crippen molar-refractivity contribution in [3.05, 3.63) is 29.3 Å². The van der Waals surface area contributed by atoms with E-state index in [1.807, 2.05) is 0 Å². The Morgan fingerprint density at radius 1 is 1.20 bits per heavy atom. The lowest BCUT2D eigenvalue weighted by molar-refractivity contribution is -0.182. The smallest absolute Gasteiger partial charge is 0.314 e. The third-order valence-electron chi connectivity index (χ3n) is 3.94. The molecule has 0 amide bonds. The SMILES string of the molecule is Cc1cc(F)c(S(=O)(=O)NCC(N2CCNCC2)C(F)(F)F)cc1F. The summed E-state index contributed by atoms with van der Waals surface area (Å²) < 4.78 is 93.0. The summed E-state index contributed by atoms with van der Waals surface area (Å²) in [7, 11) is -4.63. The van der Waals surface area contributed by atoms with Crippen molar-refractivity contribution in [2.45, 2.75) is 24.0 Å². The number of hydrogen-bond donors (Lipinski definition) is 2. The van der Waals surface area contributed by atoms with Crippen LogP contribution in [0.1, 0.15) is 5.56 Å². The number of nitrogens with one attached hydrogen (secondary N) is 2. The Morgan fingerprint density at radius 2 is 1.80 bits per heavy atom. The first kappa shape index (κ1) is 20.0. The van der Waals surface area contributed by atoms with Gasteiger partial charge in [-0.3, -0.25) is 4.90 Å². The van der Waals surface area contributed by atoms with E-state index in [0.29, 0.717) is 25.2 Å². The van der Waals surface area contributed by atoms with E-state index in [0.717, 1.165) is 4.90 Å². The molecular weight excluding hydrogens is 369 g/mol. The lowest BCUT2D eigenvalue weighted by Crippen LogP contribution is -2.57. The van der Waals surface area contributed by atoms with E-state index in [1.165, 1.54) is 6.92 Å². The molecular formula is C14H18F5N3O2S. The molecule has 0 aromatic heterocycles. The first-order valence-electron chi connectivity index (χ1n) is 7.49. The number of nitrogens with zero attached hydrogens (tertiary/aromatic N) is 1. The van der Waals surface area contributed by atoms with Crippen LogP contribution < -0.4 is 10.0 Å². The highest BCUT2D eigenvalue weighted by molar-refractivity contribution is 7.89. The van der Waals surface area contributed by atoms with Gasteiger partial charge >= 0.3 is 6.18 Å². The third-order valence-corrected chi connectivity index (χ3v) is 5.38. The van der Waals surface area contributed by atoms with Gasteiger partial charge in [-0.15, -0.1) is 0 Å². The zero-order valence-corrected chi connectivity index (χ0v) is 14.1. The van der Waals surface area contributed by atoms with Crippen LogP contribution in [-0.4, -0.2) is 58.3 Å². The summed E-state index contributed by atoms with van der Waals surface area (Å²) in [5.74, 6) is -2.19. The lowest BCUT2D eigenvalue weighted by Gasteiger charge is -2.35. The molecule has 142 valence electrons. The Morgan fingerprint density at radius 3 is 2.36 bits per heavy atom. The van der Waals surface area contributed by atoms with Gasteiger partial charge in [-0.1, -0.05) is 0 Å². The minimum atomic E-state index is -4.67. The Balaban J connectivity index is 2.20. The molecule has 0 aliphatic carbocycles. The number of alkyl halides is 3. The molecule has 1 atom stereocenters. The summed E-state index contributed by atoms with van der Waals surface area (Å²) in [6, 6.07) is -0.912. The Hall–Kier alpha value is -1.30. The van der Waals surface area contributed by atoms with Gasteiger partial charge in [0.1, 0.15) is 22.6 Å². The molecule has 5 nitrogen and oxygen atoms in total. The number of hydrogen-bond acceptors (Lipinski definition) is 4. The fourth-order valence-electron chi connectivity index (χ4n) is 2.55. The number of benzene rings is 1. The zero-order valence-electron chi connectivity index (χ0n) is 13.3. The van der Waals surface area contributed by atoms with Crippen molar-refractivity contribution >= 4 is 10.0 Å². The van der Waals surface area contributed by atoms with Crippen molar-refractivity contribution in [3.63, 3.8) is 0 Å². The summed E-state index contributed by atoms with van der Waals surface area (Å²) in [5, 5.41) is 2.90. The normalized spacial score (nSPS) is 18.3. The maximum Gasteiger partial charge on any atom is 0.405 e. The monoisotopic (exact) mass is 387 g/mol. The van der Waals surface area contributed by atoms with Gasteiger partial charge in [0.15, 0.2) is 0 Å². The van der Waals surface area contributed by atoms with Crippen LogP contribution in [-0.2, 0) is 10.0 Å². The van der Waals surface area contributed by atoms with Crippen LogP contribution >= 0.6 is 0 Å². The summed E-state index contributed by atoms with van der Waals surface area (Å²) >= 11 is 0. The van der Waals surface area contributed by atoms with Crippen LogP contribution in [0.15, 0.2) is 17.0 Å². The lowest BCUT2D eigenvalue weighted by atomic mass is 10.2. The Kier molecular flexibility index (Phi) is 6.02. The predicted molar refractivity (Wildman–Crippen MR) is 80.6 cm³/mol. The quantitative estimate of drug-likeness (QED) is 0.750. The van der Waals surface area contributed by atoms with Crippen LogP contribution in [0.5, 0.6) is 0 Å². The Bertz CT molecular complexity index is 718. The summed E-state index contributed by atoms with van der Waals surface area (Å²) in [6.45, 7) is 1.14. The summed E-state index contributed by atoms with van der Waals surface area (Å²) in [4.78, 5) is 0.0855. The molecule has 1 saturated heterocycles. The molecule has 0 saturated carbocycles. The van der Waals surface area contributed by atoms with E-state index in [1.54, 1.807) is 4.72 Å². The minimum Gasteiger partial charge on any atom is -0.314 e. The fraction of sp³-hybridized carbons (Fsp3) is 0.571. The average Bonchev–Trinajstić information content (AvgIpc) is 2.50. The van der Waals surface area contributed by atoms with Crippen LogP contribution in [0.4, 0.5) is 22.0 Å². The zero-order chi connectivity index (χ0) is 18.8. The van der Waals surface area contributed by atoms with Gasteiger partial charge in [-0.05, 0) is 24.6 Å². The summed E-state index contributed by atoms with van der Waals surface area (Å²) in [5.41, 5.74) is -0.106. The van der Waals surface area contributed by atoms with E-state index in [9.17, 15) is 30.4 Å². The minimum absolute atomic E-state index is 0.0967. The fourth-order valence-corrected chi connectivity index (χ4v) is 3.65. The van der Waals surface area contributed by atoms with Crippen molar-refractivity contribution < 1.29 is 30.4 Å². The molecule has 0 radical (unpaired) electrons. The van der Waals surface area contributed by atoms with E-state index < -0.39 is 45.3 Å². The number of piperazine rings is 1. The number of halogens is 5. The second-order valence-corrected chi connectivity index (χ2v) is 7.46. The van der Waals surface area contributed by atoms with Gasteiger partial charge in [0.05, 0.1) is 0 Å². The van der Waals surface area contributed by atoms with Crippen molar-refractivity contribution in [1.82, 2.24) is 14.9 Å². The maximum absolute atomic E-state index is 13.8. The first-order valence-corrected chi connectivity index (χ1v) is 8.97. The molecule has 1 aromatic rings. The van der Waals surface area contributed by atoms with E-state index in [2.05, 4.69) is 5.32 Å². The van der Waals surface area contributed by atoms with Gasteiger partial charge in [-0.25, -0.2) is 21.9 Å². The van der Waals surface area contributed by atoms with Crippen molar-refractivity contribution in [3.8, 4) is 0 Å². The van der Waals surface area contributed by atoms with Crippen LogP contribution in [0.2, 0.25) is 0 Å².